The van der Waals surface area contributed by atoms with Gasteiger partial charge in [-0.1, -0.05) is 40.9 Å². The monoisotopic (exact) mass is 379 g/mol. The molecule has 0 saturated heterocycles. The van der Waals surface area contributed by atoms with Crippen LogP contribution in [0.2, 0.25) is 15.1 Å². The van der Waals surface area contributed by atoms with Gasteiger partial charge < -0.3 is 4.74 Å². The van der Waals surface area contributed by atoms with Gasteiger partial charge in [0.05, 0.1) is 18.6 Å². The number of sulfonamides is 1. The van der Waals surface area contributed by atoms with Gasteiger partial charge in [0.1, 0.15) is 5.75 Å². The lowest BCUT2D eigenvalue weighted by atomic mass is 10.2. The van der Waals surface area contributed by atoms with Crippen LogP contribution >= 0.6 is 34.8 Å². The number of ether oxygens (including phenoxy) is 1. The van der Waals surface area contributed by atoms with Crippen LogP contribution < -0.4 is 9.46 Å². The van der Waals surface area contributed by atoms with Crippen LogP contribution in [0.3, 0.4) is 0 Å². The molecule has 2 aromatic rings. The van der Waals surface area contributed by atoms with Crippen molar-refractivity contribution in [1.82, 2.24) is 0 Å². The van der Waals surface area contributed by atoms with Crippen LogP contribution in [-0.4, -0.2) is 15.5 Å². The molecular formula is C14H12Cl3NO3S. The van der Waals surface area contributed by atoms with E-state index in [1.54, 1.807) is 30.3 Å². The summed E-state index contributed by atoms with van der Waals surface area (Å²) >= 11 is 17.9. The maximum atomic E-state index is 12.3. The van der Waals surface area contributed by atoms with Crippen molar-refractivity contribution in [1.29, 1.82) is 0 Å². The predicted molar refractivity (Wildman–Crippen MR) is 90.7 cm³/mol. The molecule has 0 aliphatic carbocycles. The largest absolute Gasteiger partial charge is 0.495 e. The van der Waals surface area contributed by atoms with Crippen LogP contribution in [0, 0.1) is 0 Å². The lowest BCUT2D eigenvalue weighted by Crippen LogP contribution is -2.16. The quantitative estimate of drug-likeness (QED) is 0.825. The van der Waals surface area contributed by atoms with Gasteiger partial charge in [-0.25, -0.2) is 8.42 Å². The number of hydrogen-bond acceptors (Lipinski definition) is 3. The standard InChI is InChI=1S/C14H12Cl3NO3S/c1-21-14-6-5-9(15)7-13(14)18-22(19,20)8-10-11(16)3-2-4-12(10)17/h2-7,18H,8H2,1H3. The van der Waals surface area contributed by atoms with Crippen molar-refractivity contribution >= 4 is 50.5 Å². The molecule has 0 aliphatic rings. The van der Waals surface area contributed by atoms with E-state index in [-0.39, 0.29) is 21.5 Å². The Morgan fingerprint density at radius 2 is 1.73 bits per heavy atom. The Bertz CT molecular complexity index is 774. The highest BCUT2D eigenvalue weighted by Gasteiger charge is 2.18. The minimum Gasteiger partial charge on any atom is -0.495 e. The number of benzene rings is 2. The van der Waals surface area contributed by atoms with Crippen molar-refractivity contribution in [3.05, 3.63) is 57.0 Å². The maximum Gasteiger partial charge on any atom is 0.237 e. The SMILES string of the molecule is COc1ccc(Cl)cc1NS(=O)(=O)Cc1c(Cl)cccc1Cl. The number of halogens is 3. The topological polar surface area (TPSA) is 55.4 Å². The van der Waals surface area contributed by atoms with E-state index < -0.39 is 10.0 Å². The molecule has 0 saturated carbocycles. The van der Waals surface area contributed by atoms with Crippen molar-refractivity contribution in [2.24, 2.45) is 0 Å². The van der Waals surface area contributed by atoms with Gasteiger partial charge in [0.25, 0.3) is 0 Å². The van der Waals surface area contributed by atoms with Gasteiger partial charge >= 0.3 is 0 Å². The van der Waals surface area contributed by atoms with Crippen molar-refractivity contribution in [2.75, 3.05) is 11.8 Å². The average Bonchev–Trinajstić information content (AvgIpc) is 2.43. The first-order chi connectivity index (χ1) is 10.3. The molecule has 0 amide bonds. The molecule has 118 valence electrons. The van der Waals surface area contributed by atoms with E-state index in [4.69, 9.17) is 39.5 Å². The second kappa shape index (κ2) is 6.96. The first-order valence-corrected chi connectivity index (χ1v) is 8.88. The molecule has 2 aromatic carbocycles. The zero-order valence-electron chi connectivity index (χ0n) is 11.4. The normalized spacial score (nSPS) is 11.3. The molecule has 1 N–H and O–H groups in total. The van der Waals surface area contributed by atoms with Gasteiger partial charge in [0, 0.05) is 20.6 Å². The van der Waals surface area contributed by atoms with Gasteiger partial charge in [-0.05, 0) is 30.3 Å². The highest BCUT2D eigenvalue weighted by Crippen LogP contribution is 2.31. The minimum atomic E-state index is -3.74. The van der Waals surface area contributed by atoms with Crippen LogP contribution in [0.25, 0.3) is 0 Å². The third-order valence-electron chi connectivity index (χ3n) is 2.82. The van der Waals surface area contributed by atoms with E-state index in [9.17, 15) is 8.42 Å². The summed E-state index contributed by atoms with van der Waals surface area (Å²) in [5.74, 6) is -0.000473. The van der Waals surface area contributed by atoms with Gasteiger partial charge in [-0.2, -0.15) is 0 Å². The third-order valence-corrected chi connectivity index (χ3v) is 4.97. The van der Waals surface area contributed by atoms with Crippen molar-refractivity contribution in [3.8, 4) is 5.75 Å². The Labute approximate surface area is 144 Å². The summed E-state index contributed by atoms with van der Waals surface area (Å²) < 4.78 is 32.2. The van der Waals surface area contributed by atoms with Crippen LogP contribution in [0.15, 0.2) is 36.4 Å². The minimum absolute atomic E-state index is 0.248. The number of rotatable bonds is 5. The van der Waals surface area contributed by atoms with Gasteiger partial charge in [-0.15, -0.1) is 0 Å². The van der Waals surface area contributed by atoms with Crippen LogP contribution in [0.4, 0.5) is 5.69 Å². The molecule has 8 heteroatoms. The lowest BCUT2D eigenvalue weighted by molar-refractivity contribution is 0.417. The summed E-state index contributed by atoms with van der Waals surface area (Å²) in [4.78, 5) is 0. The fourth-order valence-corrected chi connectivity index (χ4v) is 3.94. The van der Waals surface area contributed by atoms with E-state index in [1.165, 1.54) is 13.2 Å². The van der Waals surface area contributed by atoms with Crippen molar-refractivity contribution in [2.45, 2.75) is 5.75 Å². The molecule has 4 nitrogen and oxygen atoms in total. The maximum absolute atomic E-state index is 12.3. The molecule has 0 atom stereocenters. The Kier molecular flexibility index (Phi) is 5.45. The molecular weight excluding hydrogens is 369 g/mol. The van der Waals surface area contributed by atoms with E-state index in [0.29, 0.717) is 16.3 Å². The fraction of sp³-hybridized carbons (Fsp3) is 0.143. The molecule has 0 aliphatic heterocycles. The molecule has 0 unspecified atom stereocenters. The average molecular weight is 381 g/mol. The highest BCUT2D eigenvalue weighted by atomic mass is 35.5. The van der Waals surface area contributed by atoms with Crippen LogP contribution in [-0.2, 0) is 15.8 Å². The molecule has 2 rings (SSSR count). The van der Waals surface area contributed by atoms with E-state index in [0.717, 1.165) is 0 Å². The molecule has 0 spiro atoms. The predicted octanol–water partition coefficient (Wildman–Crippen LogP) is 4.60. The summed E-state index contributed by atoms with van der Waals surface area (Å²) in [6.45, 7) is 0. The van der Waals surface area contributed by atoms with E-state index in [2.05, 4.69) is 4.72 Å². The molecule has 0 heterocycles. The molecule has 0 aromatic heterocycles. The zero-order chi connectivity index (χ0) is 16.3. The number of anilines is 1. The van der Waals surface area contributed by atoms with Crippen LogP contribution in [0.5, 0.6) is 5.75 Å². The van der Waals surface area contributed by atoms with Crippen LogP contribution in [0.1, 0.15) is 5.56 Å². The second-order valence-corrected chi connectivity index (χ2v) is 7.38. The summed E-state index contributed by atoms with van der Waals surface area (Å²) in [7, 11) is -2.30. The summed E-state index contributed by atoms with van der Waals surface area (Å²) in [5.41, 5.74) is 0.581. The van der Waals surface area contributed by atoms with Gasteiger partial charge in [-0.3, -0.25) is 4.72 Å². The summed E-state index contributed by atoms with van der Waals surface area (Å²) in [5, 5.41) is 0.959. The summed E-state index contributed by atoms with van der Waals surface area (Å²) in [6.07, 6.45) is 0. The molecule has 0 radical (unpaired) electrons. The number of methoxy groups -OCH3 is 1. The van der Waals surface area contributed by atoms with E-state index >= 15 is 0 Å². The van der Waals surface area contributed by atoms with Gasteiger partial charge in [0.15, 0.2) is 0 Å². The first-order valence-electron chi connectivity index (χ1n) is 6.09. The third kappa shape index (κ3) is 4.20. The Morgan fingerprint density at radius 1 is 1.09 bits per heavy atom. The highest BCUT2D eigenvalue weighted by molar-refractivity contribution is 7.91. The second-order valence-electron chi connectivity index (χ2n) is 4.41. The van der Waals surface area contributed by atoms with Crippen molar-refractivity contribution < 1.29 is 13.2 Å². The number of hydrogen-bond donors (Lipinski definition) is 1. The summed E-state index contributed by atoms with van der Waals surface area (Å²) in [6, 6.07) is 9.45. The zero-order valence-corrected chi connectivity index (χ0v) is 14.5. The van der Waals surface area contributed by atoms with E-state index in [1.807, 2.05) is 0 Å². The molecule has 0 fully saturated rings. The Hall–Kier alpha value is -1.14. The number of nitrogens with one attached hydrogen (secondary N) is 1. The Balaban J connectivity index is 2.31. The fourth-order valence-electron chi connectivity index (χ4n) is 1.82. The molecule has 22 heavy (non-hydrogen) atoms. The molecule has 0 bridgehead atoms. The van der Waals surface area contributed by atoms with Crippen molar-refractivity contribution in [3.63, 3.8) is 0 Å². The first kappa shape index (κ1) is 17.2. The smallest absolute Gasteiger partial charge is 0.237 e. The van der Waals surface area contributed by atoms with Gasteiger partial charge in [0.2, 0.25) is 10.0 Å². The lowest BCUT2D eigenvalue weighted by Gasteiger charge is -2.13. The Morgan fingerprint density at radius 3 is 2.32 bits per heavy atom.